The largest absolute Gasteiger partial charge is 0.408 e. The van der Waals surface area contributed by atoms with Crippen LogP contribution in [0.2, 0.25) is 0 Å². The highest BCUT2D eigenvalue weighted by atomic mass is 19.4. The first-order valence-electron chi connectivity index (χ1n) is 8.93. The van der Waals surface area contributed by atoms with Crippen LogP contribution in [0.1, 0.15) is 38.9 Å². The van der Waals surface area contributed by atoms with Crippen molar-refractivity contribution in [1.29, 1.82) is 0 Å². The number of allylic oxidation sites excluding steroid dienone is 1. The molecular weight excluding hydrogens is 449 g/mol. The summed E-state index contributed by atoms with van der Waals surface area (Å²) in [7, 11) is 0. The Morgan fingerprint density at radius 2 is 1.58 bits per heavy atom. The lowest BCUT2D eigenvalue weighted by molar-refractivity contribution is -0.143. The number of nitrogens with zero attached hydrogens (tertiary/aromatic N) is 3. The number of rotatable bonds is 6. The monoisotopic (exact) mass is 467 g/mol. The van der Waals surface area contributed by atoms with Crippen molar-refractivity contribution in [3.63, 3.8) is 0 Å². The summed E-state index contributed by atoms with van der Waals surface area (Å²) in [5.41, 5.74) is -0.674. The van der Waals surface area contributed by atoms with Crippen LogP contribution in [0.3, 0.4) is 0 Å². The van der Waals surface area contributed by atoms with Gasteiger partial charge in [0.2, 0.25) is 11.9 Å². The molecule has 1 aliphatic rings. The highest BCUT2D eigenvalue weighted by molar-refractivity contribution is 5.66. The van der Waals surface area contributed by atoms with Gasteiger partial charge >= 0.3 is 12.4 Å². The number of hydrogen-bond donors (Lipinski definition) is 3. The number of nitrogens with one attached hydrogen (secondary N) is 2. The number of aromatic nitrogens is 3. The third-order valence-corrected chi connectivity index (χ3v) is 4.49. The zero-order chi connectivity index (χ0) is 23.8. The Morgan fingerprint density at radius 3 is 2.06 bits per heavy atom. The average Bonchev–Trinajstić information content (AvgIpc) is 2.62. The third-order valence-electron chi connectivity index (χ3n) is 4.49. The van der Waals surface area contributed by atoms with E-state index >= 15 is 0 Å². The minimum Gasteiger partial charge on any atom is -0.380 e. The summed E-state index contributed by atoms with van der Waals surface area (Å²) in [4.78, 5) is 10.5. The van der Waals surface area contributed by atoms with Crippen molar-refractivity contribution < 1.29 is 44.6 Å². The first-order valence-corrected chi connectivity index (χ1v) is 8.93. The molecule has 3 atom stereocenters. The summed E-state index contributed by atoms with van der Waals surface area (Å²) in [6.07, 6.45) is -14.7. The Labute approximate surface area is 170 Å². The Morgan fingerprint density at radius 1 is 1.03 bits per heavy atom. The minimum atomic E-state index is -4.79. The molecule has 15 heteroatoms. The van der Waals surface area contributed by atoms with Gasteiger partial charge in [-0.3, -0.25) is 0 Å². The second kappa shape index (κ2) is 8.67. The molecule has 0 amide bonds. The molecule has 1 unspecified atom stereocenters. The second-order valence-electron chi connectivity index (χ2n) is 6.85. The zero-order valence-electron chi connectivity index (χ0n) is 16.0. The van der Waals surface area contributed by atoms with Gasteiger partial charge in [0.05, 0.1) is 0 Å². The van der Waals surface area contributed by atoms with Gasteiger partial charge in [0.15, 0.2) is 11.9 Å². The Balaban J connectivity index is 2.52. The maximum Gasteiger partial charge on any atom is 0.408 e. The highest BCUT2D eigenvalue weighted by Gasteiger charge is 2.46. The van der Waals surface area contributed by atoms with E-state index in [1.165, 1.54) is 6.92 Å². The van der Waals surface area contributed by atoms with E-state index in [2.05, 4.69) is 15.0 Å². The summed E-state index contributed by atoms with van der Waals surface area (Å²) in [5, 5.41) is 13.1. The van der Waals surface area contributed by atoms with Crippen LogP contribution in [-0.2, 0) is 0 Å². The van der Waals surface area contributed by atoms with Gasteiger partial charge in [0, 0.05) is 12.0 Å². The number of alkyl halides is 8. The molecule has 6 nitrogen and oxygen atoms in total. The predicted molar refractivity (Wildman–Crippen MR) is 90.9 cm³/mol. The molecule has 1 aliphatic carbocycles. The lowest BCUT2D eigenvalue weighted by Crippen LogP contribution is -2.38. The van der Waals surface area contributed by atoms with E-state index in [1.807, 2.05) is 10.6 Å². The lowest BCUT2D eigenvalue weighted by atomic mass is 9.92. The molecule has 1 aromatic rings. The maximum absolute atomic E-state index is 14.3. The van der Waals surface area contributed by atoms with E-state index in [4.69, 9.17) is 0 Å². The van der Waals surface area contributed by atoms with E-state index in [1.54, 1.807) is 0 Å². The van der Waals surface area contributed by atoms with Gasteiger partial charge in [-0.05, 0) is 19.8 Å². The summed E-state index contributed by atoms with van der Waals surface area (Å²) in [6, 6.07) is -4.45. The van der Waals surface area contributed by atoms with Crippen LogP contribution in [0.4, 0.5) is 51.4 Å². The fraction of sp³-hybridized carbons (Fsp3) is 0.688. The molecule has 0 saturated heterocycles. The summed E-state index contributed by atoms with van der Waals surface area (Å²) in [6.45, 7) is 1.84. The van der Waals surface area contributed by atoms with E-state index in [-0.39, 0.29) is 0 Å². The molecule has 0 aliphatic heterocycles. The normalized spacial score (nSPS) is 21.6. The molecule has 0 aromatic carbocycles. The fourth-order valence-corrected chi connectivity index (χ4v) is 2.60. The van der Waals surface area contributed by atoms with Crippen molar-refractivity contribution in [2.24, 2.45) is 0 Å². The van der Waals surface area contributed by atoms with Crippen molar-refractivity contribution in [3.8, 4) is 0 Å². The molecule has 0 radical (unpaired) electrons. The molecule has 2 rings (SSSR count). The van der Waals surface area contributed by atoms with Crippen molar-refractivity contribution in [2.45, 2.75) is 69.6 Å². The van der Waals surface area contributed by atoms with Crippen LogP contribution >= 0.6 is 0 Å². The third kappa shape index (κ3) is 5.89. The van der Waals surface area contributed by atoms with Gasteiger partial charge in [0.25, 0.3) is 5.92 Å². The Hall–Kier alpha value is -2.32. The van der Waals surface area contributed by atoms with E-state index in [0.29, 0.717) is 6.92 Å². The molecule has 176 valence electrons. The number of aliphatic hydroxyl groups is 1. The van der Waals surface area contributed by atoms with Gasteiger partial charge < -0.3 is 15.7 Å². The van der Waals surface area contributed by atoms with Gasteiger partial charge in [0.1, 0.15) is 17.9 Å². The average molecular weight is 467 g/mol. The first kappa shape index (κ1) is 24.9. The van der Waals surface area contributed by atoms with Crippen molar-refractivity contribution in [2.75, 3.05) is 10.6 Å². The smallest absolute Gasteiger partial charge is 0.380 e. The number of hydrogen-bond acceptors (Lipinski definition) is 6. The van der Waals surface area contributed by atoms with Crippen LogP contribution in [0, 0.1) is 0 Å². The summed E-state index contributed by atoms with van der Waals surface area (Å²) >= 11 is 0. The summed E-state index contributed by atoms with van der Waals surface area (Å²) < 4.78 is 119. The molecular formula is C16H18F9N5O. The minimum absolute atomic E-state index is 0.506. The molecule has 3 N–H and O–H groups in total. The van der Waals surface area contributed by atoms with Gasteiger partial charge in [-0.25, -0.2) is 13.2 Å². The first-order chi connectivity index (χ1) is 14.1. The molecule has 0 spiro atoms. The Bertz CT molecular complexity index is 825. The van der Waals surface area contributed by atoms with Crippen LogP contribution in [-0.4, -0.2) is 56.5 Å². The fourth-order valence-electron chi connectivity index (χ4n) is 2.60. The molecule has 0 fully saturated rings. The topological polar surface area (TPSA) is 83.0 Å². The highest BCUT2D eigenvalue weighted by Crippen LogP contribution is 2.41. The molecule has 1 aromatic heterocycles. The summed E-state index contributed by atoms with van der Waals surface area (Å²) in [5.74, 6) is -8.03. The van der Waals surface area contributed by atoms with Gasteiger partial charge in [-0.1, -0.05) is 6.92 Å². The van der Waals surface area contributed by atoms with Crippen LogP contribution < -0.4 is 10.6 Å². The molecule has 0 saturated carbocycles. The van der Waals surface area contributed by atoms with Gasteiger partial charge in [-0.15, -0.1) is 0 Å². The number of anilines is 2. The lowest BCUT2D eigenvalue weighted by Gasteiger charge is -2.28. The Kier molecular flexibility index (Phi) is 6.97. The van der Waals surface area contributed by atoms with Crippen LogP contribution in [0.25, 0.3) is 5.57 Å². The maximum atomic E-state index is 14.3. The van der Waals surface area contributed by atoms with Gasteiger partial charge in [-0.2, -0.15) is 41.3 Å². The molecule has 0 bridgehead atoms. The predicted octanol–water partition coefficient (Wildman–Crippen LogP) is 4.46. The van der Waals surface area contributed by atoms with E-state index in [0.717, 1.165) is 0 Å². The van der Waals surface area contributed by atoms with Crippen LogP contribution in [0.5, 0.6) is 0 Å². The van der Waals surface area contributed by atoms with E-state index in [9.17, 15) is 44.6 Å². The quantitative estimate of drug-likeness (QED) is 0.536. The van der Waals surface area contributed by atoms with Crippen molar-refractivity contribution in [1.82, 2.24) is 15.0 Å². The second-order valence-corrected chi connectivity index (χ2v) is 6.85. The van der Waals surface area contributed by atoms with Crippen molar-refractivity contribution in [3.05, 3.63) is 11.7 Å². The van der Waals surface area contributed by atoms with Crippen molar-refractivity contribution >= 4 is 17.5 Å². The molecule has 31 heavy (non-hydrogen) atoms. The number of aliphatic hydroxyl groups excluding tert-OH is 1. The number of halogens is 9. The standard InChI is InChI=1S/C16H18F9N5O/c1-3-8(16(23,24)25)27-13-29-11(7-4-5-14(18,19)10(31)9(7)17)28-12(30-13)26-6(2)15(20,21)22/h6,8,10,31H,3-5H2,1-2H3,(H2,26,27,28,29,30)/t6-,8+,10?/m0/s1. The SMILES string of the molecule is CC[C@@H](Nc1nc(N[C@@H](C)C(F)(F)F)nc(C2=C(F)C(O)C(F)(F)CC2)n1)C(F)(F)F. The van der Waals surface area contributed by atoms with E-state index < -0.39 is 84.8 Å². The van der Waals surface area contributed by atoms with Crippen LogP contribution in [0.15, 0.2) is 5.83 Å². The zero-order valence-corrected chi connectivity index (χ0v) is 16.0. The molecule has 1 heterocycles.